The van der Waals surface area contributed by atoms with Crippen LogP contribution in [0.25, 0.3) is 0 Å². The van der Waals surface area contributed by atoms with Gasteiger partial charge in [-0.1, -0.05) is 24.6 Å². The summed E-state index contributed by atoms with van der Waals surface area (Å²) in [6, 6.07) is 4.07. The lowest BCUT2D eigenvalue weighted by molar-refractivity contribution is 0.594. The average Bonchev–Trinajstić information content (AvgIpc) is 2.12. The number of rotatable bonds is 0. The first-order chi connectivity index (χ1) is 6.18. The van der Waals surface area contributed by atoms with Crippen LogP contribution in [0.1, 0.15) is 18.1 Å². The lowest BCUT2D eigenvalue weighted by Crippen LogP contribution is -2.21. The first-order valence-electron chi connectivity index (χ1n) is 4.70. The highest BCUT2D eigenvalue weighted by Gasteiger charge is 2.18. The van der Waals surface area contributed by atoms with Gasteiger partial charge in [-0.15, -0.1) is 0 Å². The van der Waals surface area contributed by atoms with Crippen LogP contribution in [-0.4, -0.2) is 6.54 Å². The van der Waals surface area contributed by atoms with Crippen molar-refractivity contribution >= 4 is 17.3 Å². The Bertz CT molecular complexity index is 333. The van der Waals surface area contributed by atoms with Gasteiger partial charge in [-0.05, 0) is 36.5 Å². The van der Waals surface area contributed by atoms with Crippen molar-refractivity contribution in [1.29, 1.82) is 0 Å². The highest BCUT2D eigenvalue weighted by molar-refractivity contribution is 6.31. The van der Waals surface area contributed by atoms with Crippen LogP contribution in [-0.2, 0) is 6.42 Å². The van der Waals surface area contributed by atoms with E-state index < -0.39 is 0 Å². The molecule has 0 fully saturated rings. The fraction of sp³-hybridized carbons (Fsp3) is 0.455. The van der Waals surface area contributed by atoms with E-state index in [9.17, 15) is 0 Å². The number of hydrogen-bond donors (Lipinski definition) is 1. The number of hydrogen-bond acceptors (Lipinski definition) is 1. The second kappa shape index (κ2) is 3.22. The van der Waals surface area contributed by atoms with E-state index in [0.29, 0.717) is 5.92 Å². The first kappa shape index (κ1) is 8.89. The summed E-state index contributed by atoms with van der Waals surface area (Å²) in [5.41, 5.74) is 3.84. The number of fused-ring (bicyclic) bond motifs is 1. The molecule has 1 aromatic rings. The Morgan fingerprint density at radius 3 is 3.00 bits per heavy atom. The Hall–Kier alpha value is -0.690. The van der Waals surface area contributed by atoms with Crippen molar-refractivity contribution in [3.63, 3.8) is 0 Å². The van der Waals surface area contributed by atoms with Crippen molar-refractivity contribution in [1.82, 2.24) is 0 Å². The van der Waals surface area contributed by atoms with E-state index in [-0.39, 0.29) is 0 Å². The molecule has 0 bridgehead atoms. The molecule has 1 aliphatic rings. The minimum Gasteiger partial charge on any atom is -0.384 e. The van der Waals surface area contributed by atoms with E-state index in [2.05, 4.69) is 25.2 Å². The summed E-state index contributed by atoms with van der Waals surface area (Å²) < 4.78 is 0. The van der Waals surface area contributed by atoms with Crippen LogP contribution in [0, 0.1) is 12.8 Å². The van der Waals surface area contributed by atoms with Crippen LogP contribution in [0.4, 0.5) is 5.69 Å². The van der Waals surface area contributed by atoms with Crippen molar-refractivity contribution < 1.29 is 0 Å². The van der Waals surface area contributed by atoms with Crippen molar-refractivity contribution in [3.05, 3.63) is 28.3 Å². The van der Waals surface area contributed by atoms with Crippen molar-refractivity contribution in [2.75, 3.05) is 11.9 Å². The second-order valence-electron chi connectivity index (χ2n) is 3.91. The Morgan fingerprint density at radius 1 is 1.46 bits per heavy atom. The fourth-order valence-electron chi connectivity index (χ4n) is 1.88. The maximum absolute atomic E-state index is 6.14. The van der Waals surface area contributed by atoms with Crippen molar-refractivity contribution in [2.45, 2.75) is 20.3 Å². The van der Waals surface area contributed by atoms with Crippen LogP contribution in [0.3, 0.4) is 0 Å². The van der Waals surface area contributed by atoms with Crippen molar-refractivity contribution in [2.24, 2.45) is 5.92 Å². The van der Waals surface area contributed by atoms with Gasteiger partial charge in [0, 0.05) is 17.3 Å². The van der Waals surface area contributed by atoms with Crippen molar-refractivity contribution in [3.8, 4) is 0 Å². The van der Waals surface area contributed by atoms with Gasteiger partial charge >= 0.3 is 0 Å². The number of halogens is 1. The standard InChI is InChI=1S/C11H14ClN/c1-7-5-9-10(12)4-3-8(2)11(9)13-6-7/h3-4,7,13H,5-6H2,1-2H3. The molecule has 1 N–H and O–H groups in total. The smallest absolute Gasteiger partial charge is 0.0458 e. The molecule has 1 unspecified atom stereocenters. The monoisotopic (exact) mass is 195 g/mol. The minimum absolute atomic E-state index is 0.687. The normalized spacial score (nSPS) is 20.7. The molecule has 1 nitrogen and oxygen atoms in total. The maximum atomic E-state index is 6.14. The number of benzene rings is 1. The molecule has 1 atom stereocenters. The van der Waals surface area contributed by atoms with Crippen LogP contribution in [0.5, 0.6) is 0 Å². The average molecular weight is 196 g/mol. The van der Waals surface area contributed by atoms with Crippen LogP contribution < -0.4 is 5.32 Å². The van der Waals surface area contributed by atoms with Crippen LogP contribution in [0.2, 0.25) is 5.02 Å². The molecule has 1 heterocycles. The van der Waals surface area contributed by atoms with Gasteiger partial charge in [-0.2, -0.15) is 0 Å². The van der Waals surface area contributed by atoms with Gasteiger partial charge in [0.15, 0.2) is 0 Å². The molecule has 13 heavy (non-hydrogen) atoms. The molecule has 1 aromatic carbocycles. The van der Waals surface area contributed by atoms with Gasteiger partial charge in [0.2, 0.25) is 0 Å². The lowest BCUT2D eigenvalue weighted by atomic mass is 9.93. The first-order valence-corrected chi connectivity index (χ1v) is 5.08. The summed E-state index contributed by atoms with van der Waals surface area (Å²) in [5, 5.41) is 4.34. The predicted molar refractivity (Wildman–Crippen MR) is 57.5 cm³/mol. The molecular formula is C11H14ClN. The molecule has 0 saturated heterocycles. The molecule has 0 radical (unpaired) electrons. The summed E-state index contributed by atoms with van der Waals surface area (Å²) in [7, 11) is 0. The van der Waals surface area contributed by atoms with Gasteiger partial charge in [-0.3, -0.25) is 0 Å². The molecule has 0 aromatic heterocycles. The summed E-state index contributed by atoms with van der Waals surface area (Å²) in [5.74, 6) is 0.687. The Balaban J connectivity index is 2.51. The van der Waals surface area contributed by atoms with E-state index >= 15 is 0 Å². The number of aryl methyl sites for hydroxylation is 1. The van der Waals surface area contributed by atoms with E-state index in [0.717, 1.165) is 18.0 Å². The molecule has 0 aliphatic carbocycles. The van der Waals surface area contributed by atoms with Gasteiger partial charge in [0.25, 0.3) is 0 Å². The van der Waals surface area contributed by atoms with E-state index in [1.54, 1.807) is 0 Å². The third-order valence-corrected chi connectivity index (χ3v) is 3.00. The van der Waals surface area contributed by atoms with Gasteiger partial charge in [0.1, 0.15) is 0 Å². The number of nitrogens with one attached hydrogen (secondary N) is 1. The SMILES string of the molecule is Cc1ccc(Cl)c2c1NCC(C)C2. The zero-order valence-electron chi connectivity index (χ0n) is 8.02. The number of anilines is 1. The molecular weight excluding hydrogens is 182 g/mol. The van der Waals surface area contributed by atoms with Gasteiger partial charge < -0.3 is 5.32 Å². The van der Waals surface area contributed by atoms with E-state index in [1.807, 2.05) is 6.07 Å². The zero-order chi connectivity index (χ0) is 9.42. The molecule has 2 rings (SSSR count). The fourth-order valence-corrected chi connectivity index (χ4v) is 2.12. The highest BCUT2D eigenvalue weighted by Crippen LogP contribution is 2.33. The summed E-state index contributed by atoms with van der Waals surface area (Å²) in [6.07, 6.45) is 1.10. The van der Waals surface area contributed by atoms with Gasteiger partial charge in [-0.25, -0.2) is 0 Å². The lowest BCUT2D eigenvalue weighted by Gasteiger charge is -2.25. The molecule has 70 valence electrons. The molecule has 0 amide bonds. The third-order valence-electron chi connectivity index (χ3n) is 2.64. The Labute approximate surface area is 84.1 Å². The van der Waals surface area contributed by atoms with E-state index in [1.165, 1.54) is 16.8 Å². The topological polar surface area (TPSA) is 12.0 Å². The molecule has 0 spiro atoms. The van der Waals surface area contributed by atoms with E-state index in [4.69, 9.17) is 11.6 Å². The second-order valence-corrected chi connectivity index (χ2v) is 4.32. The summed E-state index contributed by atoms with van der Waals surface area (Å²) in [6.45, 7) is 5.43. The maximum Gasteiger partial charge on any atom is 0.0458 e. The predicted octanol–water partition coefficient (Wildman–Crippen LogP) is 3.25. The Morgan fingerprint density at radius 2 is 2.23 bits per heavy atom. The highest BCUT2D eigenvalue weighted by atomic mass is 35.5. The molecule has 2 heteroatoms. The third kappa shape index (κ3) is 1.53. The van der Waals surface area contributed by atoms with Gasteiger partial charge in [0.05, 0.1) is 0 Å². The summed E-state index contributed by atoms with van der Waals surface area (Å²) >= 11 is 6.14. The van der Waals surface area contributed by atoms with Crippen LogP contribution >= 0.6 is 11.6 Å². The quantitative estimate of drug-likeness (QED) is 0.670. The zero-order valence-corrected chi connectivity index (χ0v) is 8.78. The Kier molecular flexibility index (Phi) is 2.20. The van der Waals surface area contributed by atoms with Crippen LogP contribution in [0.15, 0.2) is 12.1 Å². The minimum atomic E-state index is 0.687. The molecule has 0 saturated carbocycles. The largest absolute Gasteiger partial charge is 0.384 e. The summed E-state index contributed by atoms with van der Waals surface area (Å²) in [4.78, 5) is 0. The molecule has 1 aliphatic heterocycles.